The van der Waals surface area contributed by atoms with Crippen molar-refractivity contribution in [1.82, 2.24) is 4.98 Å². The molecule has 0 aliphatic rings. The zero-order valence-corrected chi connectivity index (χ0v) is 6.27. The van der Waals surface area contributed by atoms with Crippen molar-refractivity contribution in [2.24, 2.45) is 5.73 Å². The summed E-state index contributed by atoms with van der Waals surface area (Å²) >= 11 is 0. The molecule has 0 bridgehead atoms. The molecule has 1 heterocycles. The SMILES string of the molecule is Cc1nc(CN)oc1C(F)(F)F. The minimum Gasteiger partial charge on any atom is -0.434 e. The predicted molar refractivity (Wildman–Crippen MR) is 34.1 cm³/mol. The van der Waals surface area contributed by atoms with Gasteiger partial charge in [0.1, 0.15) is 0 Å². The molecular weight excluding hydrogens is 173 g/mol. The van der Waals surface area contributed by atoms with Gasteiger partial charge in [-0.15, -0.1) is 0 Å². The van der Waals surface area contributed by atoms with Crippen molar-refractivity contribution in [2.45, 2.75) is 19.6 Å². The topological polar surface area (TPSA) is 52.0 Å². The van der Waals surface area contributed by atoms with Crippen LogP contribution in [0.15, 0.2) is 4.42 Å². The third kappa shape index (κ3) is 1.58. The van der Waals surface area contributed by atoms with E-state index >= 15 is 0 Å². The number of halogens is 3. The van der Waals surface area contributed by atoms with Crippen LogP contribution in [0.5, 0.6) is 0 Å². The van der Waals surface area contributed by atoms with Crippen LogP contribution in [0.3, 0.4) is 0 Å². The Balaban J connectivity index is 3.08. The lowest BCUT2D eigenvalue weighted by Crippen LogP contribution is -2.04. The van der Waals surface area contributed by atoms with Crippen molar-refractivity contribution in [2.75, 3.05) is 0 Å². The van der Waals surface area contributed by atoms with E-state index in [0.29, 0.717) is 0 Å². The summed E-state index contributed by atoms with van der Waals surface area (Å²) in [6.45, 7) is 1.10. The van der Waals surface area contributed by atoms with Gasteiger partial charge in [0.05, 0.1) is 12.2 Å². The monoisotopic (exact) mass is 180 g/mol. The first-order valence-electron chi connectivity index (χ1n) is 3.18. The van der Waals surface area contributed by atoms with E-state index in [4.69, 9.17) is 5.73 Å². The van der Waals surface area contributed by atoms with Gasteiger partial charge >= 0.3 is 6.18 Å². The molecule has 0 unspecified atom stereocenters. The predicted octanol–water partition coefficient (Wildman–Crippen LogP) is 1.46. The molecule has 6 heteroatoms. The zero-order valence-electron chi connectivity index (χ0n) is 6.27. The molecule has 0 amide bonds. The highest BCUT2D eigenvalue weighted by Gasteiger charge is 2.37. The number of aromatic nitrogens is 1. The van der Waals surface area contributed by atoms with Crippen LogP contribution in [0, 0.1) is 6.92 Å². The number of nitrogens with two attached hydrogens (primary N) is 1. The van der Waals surface area contributed by atoms with Crippen LogP contribution in [0.1, 0.15) is 17.3 Å². The smallest absolute Gasteiger partial charge is 0.434 e. The maximum absolute atomic E-state index is 12.0. The van der Waals surface area contributed by atoms with E-state index < -0.39 is 11.9 Å². The number of aryl methyl sites for hydroxylation is 1. The number of nitrogens with zero attached hydrogens (tertiary/aromatic N) is 1. The zero-order chi connectivity index (χ0) is 9.35. The minimum absolute atomic E-state index is 0.0974. The molecule has 3 nitrogen and oxygen atoms in total. The fourth-order valence-corrected chi connectivity index (χ4v) is 0.803. The third-order valence-electron chi connectivity index (χ3n) is 1.27. The van der Waals surface area contributed by atoms with Gasteiger partial charge in [0.15, 0.2) is 0 Å². The summed E-state index contributed by atoms with van der Waals surface area (Å²) in [6.07, 6.45) is -4.48. The number of rotatable bonds is 1. The van der Waals surface area contributed by atoms with Crippen LogP contribution in [0.4, 0.5) is 13.2 Å². The van der Waals surface area contributed by atoms with Gasteiger partial charge in [0, 0.05) is 0 Å². The Hall–Kier alpha value is -1.04. The van der Waals surface area contributed by atoms with E-state index in [1.807, 2.05) is 0 Å². The molecule has 2 N–H and O–H groups in total. The molecule has 0 aliphatic heterocycles. The van der Waals surface area contributed by atoms with Crippen LogP contribution in [0.25, 0.3) is 0 Å². The van der Waals surface area contributed by atoms with E-state index in [9.17, 15) is 13.2 Å². The first kappa shape index (κ1) is 9.05. The lowest BCUT2D eigenvalue weighted by atomic mass is 10.4. The summed E-state index contributed by atoms with van der Waals surface area (Å²) in [7, 11) is 0. The molecule has 0 radical (unpaired) electrons. The van der Waals surface area contributed by atoms with Crippen molar-refractivity contribution in [3.05, 3.63) is 17.3 Å². The number of oxazole rings is 1. The van der Waals surface area contributed by atoms with Gasteiger partial charge in [-0.25, -0.2) is 4.98 Å². The van der Waals surface area contributed by atoms with E-state index in [-0.39, 0.29) is 18.1 Å². The maximum atomic E-state index is 12.0. The standard InChI is InChI=1S/C6H7F3N2O/c1-3-5(6(7,8)9)12-4(2-10)11-3/h2,10H2,1H3. The molecule has 12 heavy (non-hydrogen) atoms. The Bertz CT molecular complexity index is 279. The summed E-state index contributed by atoms with van der Waals surface area (Å²) in [5.41, 5.74) is 4.87. The molecule has 0 saturated carbocycles. The van der Waals surface area contributed by atoms with Gasteiger partial charge in [0.2, 0.25) is 11.7 Å². The maximum Gasteiger partial charge on any atom is 0.451 e. The summed E-state index contributed by atoms with van der Waals surface area (Å²) in [4.78, 5) is 3.48. The first-order chi connectivity index (χ1) is 5.45. The van der Waals surface area contributed by atoms with Crippen molar-refractivity contribution in [3.63, 3.8) is 0 Å². The number of hydrogen-bond donors (Lipinski definition) is 1. The van der Waals surface area contributed by atoms with Gasteiger partial charge < -0.3 is 10.2 Å². The highest BCUT2D eigenvalue weighted by molar-refractivity contribution is 5.10. The fourth-order valence-electron chi connectivity index (χ4n) is 0.803. The average Bonchev–Trinajstić information content (AvgIpc) is 2.29. The van der Waals surface area contributed by atoms with Crippen LogP contribution >= 0.6 is 0 Å². The minimum atomic E-state index is -4.48. The third-order valence-corrected chi connectivity index (χ3v) is 1.27. The molecule has 0 spiro atoms. The van der Waals surface area contributed by atoms with Crippen molar-refractivity contribution in [3.8, 4) is 0 Å². The molecule has 0 atom stereocenters. The number of hydrogen-bond acceptors (Lipinski definition) is 3. The fraction of sp³-hybridized carbons (Fsp3) is 0.500. The molecule has 1 aromatic heterocycles. The van der Waals surface area contributed by atoms with Gasteiger partial charge in [-0.2, -0.15) is 13.2 Å². The Morgan fingerprint density at radius 1 is 1.50 bits per heavy atom. The van der Waals surface area contributed by atoms with E-state index in [1.54, 1.807) is 0 Å². The van der Waals surface area contributed by atoms with Crippen LogP contribution in [-0.2, 0) is 12.7 Å². The van der Waals surface area contributed by atoms with Crippen LogP contribution in [-0.4, -0.2) is 4.98 Å². The van der Waals surface area contributed by atoms with Crippen molar-refractivity contribution < 1.29 is 17.6 Å². The summed E-state index contributed by atoms with van der Waals surface area (Å²) in [5.74, 6) is -1.16. The Morgan fingerprint density at radius 2 is 2.08 bits per heavy atom. The van der Waals surface area contributed by atoms with Crippen LogP contribution < -0.4 is 5.73 Å². The molecule has 0 aliphatic carbocycles. The molecule has 0 saturated heterocycles. The second kappa shape index (κ2) is 2.78. The Kier molecular flexibility index (Phi) is 2.10. The molecule has 0 aromatic carbocycles. The van der Waals surface area contributed by atoms with Crippen LogP contribution in [0.2, 0.25) is 0 Å². The first-order valence-corrected chi connectivity index (χ1v) is 3.18. The van der Waals surface area contributed by atoms with Gasteiger partial charge in [-0.1, -0.05) is 0 Å². The highest BCUT2D eigenvalue weighted by atomic mass is 19.4. The second-order valence-electron chi connectivity index (χ2n) is 2.22. The average molecular weight is 180 g/mol. The van der Waals surface area contributed by atoms with E-state index in [0.717, 1.165) is 0 Å². The molecule has 1 aromatic rings. The molecule has 1 rings (SSSR count). The Labute approximate surface area is 66.4 Å². The highest BCUT2D eigenvalue weighted by Crippen LogP contribution is 2.31. The van der Waals surface area contributed by atoms with E-state index in [1.165, 1.54) is 6.92 Å². The lowest BCUT2D eigenvalue weighted by Gasteiger charge is -2.00. The molecule has 0 fully saturated rings. The summed E-state index contributed by atoms with van der Waals surface area (Å²) in [5, 5.41) is 0. The Morgan fingerprint density at radius 3 is 2.33 bits per heavy atom. The summed E-state index contributed by atoms with van der Waals surface area (Å²) in [6, 6.07) is 0. The summed E-state index contributed by atoms with van der Waals surface area (Å²) < 4.78 is 40.4. The molecule has 68 valence electrons. The van der Waals surface area contributed by atoms with Gasteiger partial charge in [-0.3, -0.25) is 0 Å². The van der Waals surface area contributed by atoms with E-state index in [2.05, 4.69) is 9.40 Å². The van der Waals surface area contributed by atoms with Gasteiger partial charge in [-0.05, 0) is 6.92 Å². The molecular formula is C6H7F3N2O. The van der Waals surface area contributed by atoms with Crippen molar-refractivity contribution in [1.29, 1.82) is 0 Å². The van der Waals surface area contributed by atoms with Gasteiger partial charge in [0.25, 0.3) is 0 Å². The number of alkyl halides is 3. The lowest BCUT2D eigenvalue weighted by molar-refractivity contribution is -0.153. The quantitative estimate of drug-likeness (QED) is 0.711. The largest absolute Gasteiger partial charge is 0.451 e. The second-order valence-corrected chi connectivity index (χ2v) is 2.22. The normalized spacial score (nSPS) is 12.1. The van der Waals surface area contributed by atoms with Crippen molar-refractivity contribution >= 4 is 0 Å².